The van der Waals surface area contributed by atoms with Crippen LogP contribution in [-0.2, 0) is 0 Å². The van der Waals surface area contributed by atoms with E-state index in [9.17, 15) is 8.78 Å². The zero-order chi connectivity index (χ0) is 12.1. The molecule has 0 radical (unpaired) electrons. The molecule has 0 fully saturated rings. The van der Waals surface area contributed by atoms with Crippen LogP contribution in [0.2, 0.25) is 0 Å². The number of hydrogen-bond acceptors (Lipinski definition) is 2. The van der Waals surface area contributed by atoms with Crippen LogP contribution >= 0.6 is 0 Å². The molecule has 0 bridgehead atoms. The highest BCUT2D eigenvalue weighted by atomic mass is 19.3. The molecule has 0 aliphatic carbocycles. The summed E-state index contributed by atoms with van der Waals surface area (Å²) in [6.45, 7) is 1.77. The topological polar surface area (TPSA) is 15.3 Å². The predicted molar refractivity (Wildman–Crippen MR) is 63.2 cm³/mol. The molecule has 0 spiro atoms. The maximum Gasteiger partial charge on any atom is 0.255 e. The largest absolute Gasteiger partial charge is 0.369 e. The lowest BCUT2D eigenvalue weighted by atomic mass is 10.1. The second kappa shape index (κ2) is 5.80. The molecule has 90 valence electrons. The zero-order valence-electron chi connectivity index (χ0n) is 9.87. The number of hydrogen-bond donors (Lipinski definition) is 1. The molecule has 16 heavy (non-hydrogen) atoms. The van der Waals surface area contributed by atoms with Crippen molar-refractivity contribution in [3.8, 4) is 0 Å². The SMILES string of the molecule is CNC(C)c1ccccc1N(C)CC(F)F. The number of anilines is 1. The van der Waals surface area contributed by atoms with Gasteiger partial charge < -0.3 is 10.2 Å². The van der Waals surface area contributed by atoms with E-state index in [0.29, 0.717) is 0 Å². The van der Waals surface area contributed by atoms with E-state index in [2.05, 4.69) is 5.32 Å². The summed E-state index contributed by atoms with van der Waals surface area (Å²) in [5, 5.41) is 3.12. The summed E-state index contributed by atoms with van der Waals surface area (Å²) < 4.78 is 24.7. The first-order valence-electron chi connectivity index (χ1n) is 5.31. The molecule has 0 heterocycles. The van der Waals surface area contributed by atoms with Gasteiger partial charge in [-0.2, -0.15) is 0 Å². The maximum atomic E-state index is 12.3. The smallest absolute Gasteiger partial charge is 0.255 e. The van der Waals surface area contributed by atoms with Crippen molar-refractivity contribution in [3.05, 3.63) is 29.8 Å². The number of nitrogens with zero attached hydrogens (tertiary/aromatic N) is 1. The Kier molecular flexibility index (Phi) is 4.68. The van der Waals surface area contributed by atoms with Crippen molar-refractivity contribution in [1.29, 1.82) is 0 Å². The lowest BCUT2D eigenvalue weighted by molar-refractivity contribution is 0.156. The Hall–Kier alpha value is -1.16. The number of para-hydroxylation sites is 1. The lowest BCUT2D eigenvalue weighted by Gasteiger charge is -2.24. The lowest BCUT2D eigenvalue weighted by Crippen LogP contribution is -2.26. The highest BCUT2D eigenvalue weighted by Gasteiger charge is 2.14. The summed E-state index contributed by atoms with van der Waals surface area (Å²) in [6, 6.07) is 7.76. The molecule has 1 rings (SSSR count). The average molecular weight is 228 g/mol. The molecular weight excluding hydrogens is 210 g/mol. The minimum Gasteiger partial charge on any atom is -0.369 e. The quantitative estimate of drug-likeness (QED) is 0.833. The van der Waals surface area contributed by atoms with Crippen LogP contribution in [0.15, 0.2) is 24.3 Å². The number of benzene rings is 1. The second-order valence-electron chi connectivity index (χ2n) is 3.84. The fourth-order valence-corrected chi connectivity index (χ4v) is 1.66. The third-order valence-electron chi connectivity index (χ3n) is 2.66. The second-order valence-corrected chi connectivity index (χ2v) is 3.84. The van der Waals surface area contributed by atoms with Gasteiger partial charge in [0, 0.05) is 18.8 Å². The highest BCUT2D eigenvalue weighted by molar-refractivity contribution is 5.54. The maximum absolute atomic E-state index is 12.3. The van der Waals surface area contributed by atoms with E-state index in [1.54, 1.807) is 11.9 Å². The van der Waals surface area contributed by atoms with Crippen LogP contribution in [0.25, 0.3) is 0 Å². The minimum atomic E-state index is -2.32. The zero-order valence-corrected chi connectivity index (χ0v) is 9.87. The van der Waals surface area contributed by atoms with Crippen molar-refractivity contribution in [1.82, 2.24) is 5.32 Å². The van der Waals surface area contributed by atoms with Gasteiger partial charge in [0.1, 0.15) is 0 Å². The highest BCUT2D eigenvalue weighted by Crippen LogP contribution is 2.25. The van der Waals surface area contributed by atoms with Crippen LogP contribution in [0, 0.1) is 0 Å². The summed E-state index contributed by atoms with van der Waals surface area (Å²) in [7, 11) is 3.54. The third kappa shape index (κ3) is 3.17. The Morgan fingerprint density at radius 1 is 1.31 bits per heavy atom. The average Bonchev–Trinajstić information content (AvgIpc) is 2.27. The van der Waals surface area contributed by atoms with Gasteiger partial charge in [0.2, 0.25) is 0 Å². The number of halogens is 2. The molecule has 0 aliphatic heterocycles. The summed E-state index contributed by atoms with van der Waals surface area (Å²) in [6.07, 6.45) is -2.32. The Bertz CT molecular complexity index is 329. The number of alkyl halides is 2. The molecule has 1 aromatic rings. The van der Waals surface area contributed by atoms with Crippen LogP contribution in [0.1, 0.15) is 18.5 Å². The van der Waals surface area contributed by atoms with Gasteiger partial charge >= 0.3 is 0 Å². The first-order valence-corrected chi connectivity index (χ1v) is 5.31. The Labute approximate surface area is 95.3 Å². The summed E-state index contributed by atoms with van der Waals surface area (Å²) >= 11 is 0. The van der Waals surface area contributed by atoms with Crippen molar-refractivity contribution in [2.75, 3.05) is 25.5 Å². The van der Waals surface area contributed by atoms with Crippen molar-refractivity contribution >= 4 is 5.69 Å². The van der Waals surface area contributed by atoms with Crippen LogP contribution in [-0.4, -0.2) is 27.1 Å². The van der Waals surface area contributed by atoms with Gasteiger partial charge in [-0.15, -0.1) is 0 Å². The third-order valence-corrected chi connectivity index (χ3v) is 2.66. The van der Waals surface area contributed by atoms with E-state index in [1.807, 2.05) is 38.2 Å². The van der Waals surface area contributed by atoms with Gasteiger partial charge in [-0.25, -0.2) is 8.78 Å². The molecule has 1 N–H and O–H groups in total. The van der Waals surface area contributed by atoms with Crippen molar-refractivity contribution in [2.24, 2.45) is 0 Å². The summed E-state index contributed by atoms with van der Waals surface area (Å²) in [5.74, 6) is 0. The minimum absolute atomic E-state index is 0.149. The Balaban J connectivity index is 2.93. The molecule has 2 nitrogen and oxygen atoms in total. The molecule has 0 saturated heterocycles. The standard InChI is InChI=1S/C12H18F2N2/c1-9(15-2)10-6-4-5-7-11(10)16(3)8-12(13)14/h4-7,9,12,15H,8H2,1-3H3. The first-order chi connectivity index (χ1) is 7.56. The molecular formula is C12H18F2N2. The van der Waals surface area contributed by atoms with Crippen molar-refractivity contribution in [2.45, 2.75) is 19.4 Å². The first kappa shape index (κ1) is 12.9. The molecule has 1 unspecified atom stereocenters. The van der Waals surface area contributed by atoms with E-state index in [4.69, 9.17) is 0 Å². The van der Waals surface area contributed by atoms with Gasteiger partial charge in [0.25, 0.3) is 6.43 Å². The Morgan fingerprint density at radius 3 is 2.50 bits per heavy atom. The molecule has 0 aliphatic rings. The number of rotatable bonds is 5. The van der Waals surface area contributed by atoms with Crippen LogP contribution < -0.4 is 10.2 Å². The van der Waals surface area contributed by atoms with E-state index in [-0.39, 0.29) is 12.6 Å². The van der Waals surface area contributed by atoms with Gasteiger partial charge in [-0.1, -0.05) is 18.2 Å². The fourth-order valence-electron chi connectivity index (χ4n) is 1.66. The summed E-state index contributed by atoms with van der Waals surface area (Å²) in [4.78, 5) is 1.59. The predicted octanol–water partition coefficient (Wildman–Crippen LogP) is 2.67. The van der Waals surface area contributed by atoms with Gasteiger partial charge in [-0.05, 0) is 25.6 Å². The van der Waals surface area contributed by atoms with E-state index in [1.165, 1.54) is 0 Å². The van der Waals surface area contributed by atoms with Gasteiger partial charge in [0.05, 0.1) is 6.54 Å². The van der Waals surface area contributed by atoms with Crippen LogP contribution in [0.5, 0.6) is 0 Å². The monoisotopic (exact) mass is 228 g/mol. The molecule has 0 saturated carbocycles. The van der Waals surface area contributed by atoms with Crippen molar-refractivity contribution in [3.63, 3.8) is 0 Å². The molecule has 0 aromatic heterocycles. The number of nitrogens with one attached hydrogen (secondary N) is 1. The normalized spacial score (nSPS) is 12.9. The van der Waals surface area contributed by atoms with E-state index < -0.39 is 6.43 Å². The molecule has 1 aromatic carbocycles. The molecule has 1 atom stereocenters. The Morgan fingerprint density at radius 2 is 1.94 bits per heavy atom. The van der Waals surface area contributed by atoms with Gasteiger partial charge in [0.15, 0.2) is 0 Å². The van der Waals surface area contributed by atoms with Crippen LogP contribution in [0.4, 0.5) is 14.5 Å². The molecule has 0 amide bonds. The van der Waals surface area contributed by atoms with E-state index >= 15 is 0 Å². The van der Waals surface area contributed by atoms with Gasteiger partial charge in [-0.3, -0.25) is 0 Å². The summed E-state index contributed by atoms with van der Waals surface area (Å²) in [5.41, 5.74) is 1.89. The van der Waals surface area contributed by atoms with Crippen molar-refractivity contribution < 1.29 is 8.78 Å². The van der Waals surface area contributed by atoms with E-state index in [0.717, 1.165) is 11.3 Å². The van der Waals surface area contributed by atoms with Crippen LogP contribution in [0.3, 0.4) is 0 Å². The fraction of sp³-hybridized carbons (Fsp3) is 0.500. The molecule has 4 heteroatoms.